The highest BCUT2D eigenvalue weighted by atomic mass is 16.6. The summed E-state index contributed by atoms with van der Waals surface area (Å²) < 4.78 is 11.4. The fourth-order valence-corrected chi connectivity index (χ4v) is 2.80. The average molecular weight is 262 g/mol. The molecule has 1 saturated carbocycles. The van der Waals surface area contributed by atoms with E-state index in [1.807, 2.05) is 19.1 Å². The van der Waals surface area contributed by atoms with E-state index in [1.54, 1.807) is 0 Å². The molecule has 1 atom stereocenters. The molecular formula is C15H18O4. The summed E-state index contributed by atoms with van der Waals surface area (Å²) in [5, 5.41) is 9.11. The molecule has 0 saturated heterocycles. The van der Waals surface area contributed by atoms with Gasteiger partial charge in [-0.2, -0.15) is 0 Å². The zero-order valence-corrected chi connectivity index (χ0v) is 11.0. The quantitative estimate of drug-likeness (QED) is 0.906. The molecule has 0 aromatic heterocycles. The van der Waals surface area contributed by atoms with Gasteiger partial charge in [0.2, 0.25) is 0 Å². The van der Waals surface area contributed by atoms with Crippen molar-refractivity contribution in [1.29, 1.82) is 0 Å². The maximum absolute atomic E-state index is 11.1. The predicted octanol–water partition coefficient (Wildman–Crippen LogP) is 2.73. The molecule has 4 heteroatoms. The molecule has 4 nitrogen and oxygen atoms in total. The van der Waals surface area contributed by atoms with Crippen LogP contribution in [-0.4, -0.2) is 24.3 Å². The molecule has 0 bridgehead atoms. The van der Waals surface area contributed by atoms with E-state index in [0.29, 0.717) is 19.1 Å². The molecule has 0 spiro atoms. The Bertz CT molecular complexity index is 505. The summed E-state index contributed by atoms with van der Waals surface area (Å²) in [5.41, 5.74) is 2.05. The van der Waals surface area contributed by atoms with Crippen molar-refractivity contribution in [3.63, 3.8) is 0 Å². The average Bonchev–Trinajstić information content (AvgIpc) is 3.21. The Hall–Kier alpha value is -1.71. The highest BCUT2D eigenvalue weighted by Crippen LogP contribution is 2.50. The summed E-state index contributed by atoms with van der Waals surface area (Å²) in [7, 11) is 0. The van der Waals surface area contributed by atoms with E-state index in [9.17, 15) is 4.79 Å². The lowest BCUT2D eigenvalue weighted by Crippen LogP contribution is -2.19. The van der Waals surface area contributed by atoms with Gasteiger partial charge in [0.1, 0.15) is 13.2 Å². The monoisotopic (exact) mass is 262 g/mol. The Labute approximate surface area is 112 Å². The van der Waals surface area contributed by atoms with Gasteiger partial charge in [-0.25, -0.2) is 0 Å². The van der Waals surface area contributed by atoms with Gasteiger partial charge in [-0.1, -0.05) is 12.1 Å². The molecular weight excluding hydrogens is 244 g/mol. The van der Waals surface area contributed by atoms with Crippen LogP contribution >= 0.6 is 0 Å². The van der Waals surface area contributed by atoms with Crippen molar-refractivity contribution in [2.75, 3.05) is 13.2 Å². The number of ether oxygens (including phenoxy) is 2. The summed E-state index contributed by atoms with van der Waals surface area (Å²) in [6.45, 7) is 3.08. The van der Waals surface area contributed by atoms with Crippen molar-refractivity contribution in [2.45, 2.75) is 32.1 Å². The fourth-order valence-electron chi connectivity index (χ4n) is 2.80. The Kier molecular flexibility index (Phi) is 3.09. The van der Waals surface area contributed by atoms with E-state index in [0.717, 1.165) is 35.5 Å². The van der Waals surface area contributed by atoms with Crippen LogP contribution in [0.25, 0.3) is 0 Å². The van der Waals surface area contributed by atoms with Crippen molar-refractivity contribution in [1.82, 2.24) is 0 Å². The molecule has 3 rings (SSSR count). The van der Waals surface area contributed by atoms with Gasteiger partial charge in [-0.05, 0) is 31.2 Å². The summed E-state index contributed by atoms with van der Waals surface area (Å²) in [5.74, 6) is 1.34. The van der Waals surface area contributed by atoms with E-state index in [2.05, 4.69) is 0 Å². The molecule has 1 aromatic rings. The smallest absolute Gasteiger partial charge is 0.303 e. The molecule has 2 aliphatic rings. The molecule has 19 heavy (non-hydrogen) atoms. The molecule has 0 amide bonds. The lowest BCUT2D eigenvalue weighted by molar-refractivity contribution is -0.137. The van der Waals surface area contributed by atoms with Gasteiger partial charge < -0.3 is 14.6 Å². The van der Waals surface area contributed by atoms with Crippen LogP contribution in [0.3, 0.4) is 0 Å². The van der Waals surface area contributed by atoms with Crippen LogP contribution in [0, 0.1) is 12.8 Å². The third-order valence-corrected chi connectivity index (χ3v) is 3.90. The van der Waals surface area contributed by atoms with Crippen LogP contribution in [-0.2, 0) is 4.79 Å². The third kappa shape index (κ3) is 2.39. The first-order chi connectivity index (χ1) is 9.16. The Balaban J connectivity index is 2.00. The number of carboxylic acid groups (broad SMARTS) is 1. The fraction of sp³-hybridized carbons (Fsp3) is 0.533. The van der Waals surface area contributed by atoms with Crippen LogP contribution < -0.4 is 9.47 Å². The maximum atomic E-state index is 11.1. The molecule has 1 aromatic carbocycles. The zero-order valence-electron chi connectivity index (χ0n) is 11.0. The van der Waals surface area contributed by atoms with Crippen molar-refractivity contribution < 1.29 is 19.4 Å². The predicted molar refractivity (Wildman–Crippen MR) is 69.9 cm³/mol. The van der Waals surface area contributed by atoms with E-state index in [4.69, 9.17) is 14.6 Å². The van der Waals surface area contributed by atoms with Gasteiger partial charge >= 0.3 is 5.97 Å². The molecule has 1 aliphatic carbocycles. The van der Waals surface area contributed by atoms with Crippen LogP contribution in [0.4, 0.5) is 0 Å². The van der Waals surface area contributed by atoms with E-state index < -0.39 is 5.97 Å². The number of hydrogen-bond acceptors (Lipinski definition) is 3. The maximum Gasteiger partial charge on any atom is 0.303 e. The number of aryl methyl sites for hydroxylation is 1. The minimum absolute atomic E-state index is 0.0496. The Morgan fingerprint density at radius 1 is 1.32 bits per heavy atom. The van der Waals surface area contributed by atoms with E-state index in [-0.39, 0.29) is 12.3 Å². The normalized spacial score (nSPS) is 19.0. The molecule has 1 fully saturated rings. The van der Waals surface area contributed by atoms with E-state index >= 15 is 0 Å². The number of carboxylic acids is 1. The number of benzene rings is 1. The standard InChI is InChI=1S/C15H18O4/c1-9-2-5-11(15-14(9)18-6-7-19-15)12(8-13(16)17)10-3-4-10/h2,5,10,12H,3-4,6-8H2,1H3,(H,16,17). The topological polar surface area (TPSA) is 55.8 Å². The molecule has 0 radical (unpaired) electrons. The Morgan fingerprint density at radius 2 is 2.00 bits per heavy atom. The highest BCUT2D eigenvalue weighted by molar-refractivity contribution is 5.69. The van der Waals surface area contributed by atoms with Crippen molar-refractivity contribution >= 4 is 5.97 Å². The Morgan fingerprint density at radius 3 is 2.63 bits per heavy atom. The molecule has 102 valence electrons. The molecule has 1 aliphatic heterocycles. The van der Waals surface area contributed by atoms with Gasteiger partial charge in [0.25, 0.3) is 0 Å². The van der Waals surface area contributed by atoms with Gasteiger partial charge in [0, 0.05) is 11.5 Å². The van der Waals surface area contributed by atoms with Crippen molar-refractivity contribution in [2.24, 2.45) is 5.92 Å². The number of aliphatic carboxylic acids is 1. The number of fused-ring (bicyclic) bond motifs is 1. The first kappa shape index (κ1) is 12.3. The molecule has 1 unspecified atom stereocenters. The van der Waals surface area contributed by atoms with Crippen LogP contribution in [0.1, 0.15) is 36.3 Å². The van der Waals surface area contributed by atoms with Gasteiger partial charge in [-0.3, -0.25) is 4.79 Å². The molecule has 1 heterocycles. The number of rotatable bonds is 4. The van der Waals surface area contributed by atoms with E-state index in [1.165, 1.54) is 0 Å². The first-order valence-electron chi connectivity index (χ1n) is 6.77. The lowest BCUT2D eigenvalue weighted by Gasteiger charge is -2.26. The second-order valence-corrected chi connectivity index (χ2v) is 5.37. The second-order valence-electron chi connectivity index (χ2n) is 5.37. The first-order valence-corrected chi connectivity index (χ1v) is 6.77. The number of carbonyl (C=O) groups is 1. The zero-order chi connectivity index (χ0) is 13.4. The van der Waals surface area contributed by atoms with Crippen LogP contribution in [0.15, 0.2) is 12.1 Å². The van der Waals surface area contributed by atoms with Crippen molar-refractivity contribution in [3.05, 3.63) is 23.3 Å². The van der Waals surface area contributed by atoms with Crippen LogP contribution in [0.2, 0.25) is 0 Å². The second kappa shape index (κ2) is 4.76. The van der Waals surface area contributed by atoms with Gasteiger partial charge in [0.15, 0.2) is 11.5 Å². The summed E-state index contributed by atoms with van der Waals surface area (Å²) in [6.07, 6.45) is 2.40. The minimum Gasteiger partial charge on any atom is -0.486 e. The van der Waals surface area contributed by atoms with Crippen molar-refractivity contribution in [3.8, 4) is 11.5 Å². The van der Waals surface area contributed by atoms with Crippen LogP contribution in [0.5, 0.6) is 11.5 Å². The number of hydrogen-bond donors (Lipinski definition) is 1. The SMILES string of the molecule is Cc1ccc(C(CC(=O)O)C2CC2)c2c1OCCO2. The van der Waals surface area contributed by atoms with Gasteiger partial charge in [-0.15, -0.1) is 0 Å². The minimum atomic E-state index is -0.747. The summed E-state index contributed by atoms with van der Waals surface area (Å²) >= 11 is 0. The summed E-state index contributed by atoms with van der Waals surface area (Å²) in [6, 6.07) is 4.01. The molecule has 1 N–H and O–H groups in total. The van der Waals surface area contributed by atoms with Gasteiger partial charge in [0.05, 0.1) is 6.42 Å². The largest absolute Gasteiger partial charge is 0.486 e. The third-order valence-electron chi connectivity index (χ3n) is 3.90. The lowest BCUT2D eigenvalue weighted by atomic mass is 9.89. The highest BCUT2D eigenvalue weighted by Gasteiger charge is 2.36. The summed E-state index contributed by atoms with van der Waals surface area (Å²) in [4.78, 5) is 11.1.